The molecule has 0 aromatic carbocycles. The number of amides is 1. The molecule has 82 valence electrons. The molecule has 1 fully saturated rings. The van der Waals surface area contributed by atoms with E-state index in [9.17, 15) is 4.79 Å². The Hall–Kier alpha value is 0.110. The summed E-state index contributed by atoms with van der Waals surface area (Å²) in [5, 5.41) is 2.97. The van der Waals surface area contributed by atoms with Crippen LogP contribution in [-0.2, 0) is 4.79 Å². The summed E-state index contributed by atoms with van der Waals surface area (Å²) in [5.41, 5.74) is 0. The van der Waals surface area contributed by atoms with E-state index in [0.717, 1.165) is 6.54 Å². The van der Waals surface area contributed by atoms with Crippen molar-refractivity contribution in [3.05, 3.63) is 0 Å². The summed E-state index contributed by atoms with van der Waals surface area (Å²) in [6, 6.07) is 0. The highest BCUT2D eigenvalue weighted by Gasteiger charge is 2.30. The van der Waals surface area contributed by atoms with Gasteiger partial charge in [0.15, 0.2) is 0 Å². The first kappa shape index (κ1) is 12.2. The lowest BCUT2D eigenvalue weighted by Crippen LogP contribution is -2.39. The molecule has 0 aromatic rings. The number of hydrogen-bond acceptors (Lipinski definition) is 2. The lowest BCUT2D eigenvalue weighted by atomic mass is 10.1. The zero-order chi connectivity index (χ0) is 10.6. The van der Waals surface area contributed by atoms with E-state index >= 15 is 0 Å². The third kappa shape index (κ3) is 3.35. The van der Waals surface area contributed by atoms with Crippen molar-refractivity contribution in [2.45, 2.75) is 31.4 Å². The van der Waals surface area contributed by atoms with Gasteiger partial charge in [0.2, 0.25) is 5.91 Å². The fourth-order valence-corrected chi connectivity index (χ4v) is 2.88. The minimum absolute atomic E-state index is 0.0772. The van der Waals surface area contributed by atoms with Gasteiger partial charge in [-0.1, -0.05) is 6.92 Å². The van der Waals surface area contributed by atoms with Crippen LogP contribution in [0.2, 0.25) is 0 Å². The summed E-state index contributed by atoms with van der Waals surface area (Å²) in [5.74, 6) is 1.62. The molecule has 0 radical (unpaired) electrons. The van der Waals surface area contributed by atoms with Crippen molar-refractivity contribution in [1.82, 2.24) is 5.32 Å². The van der Waals surface area contributed by atoms with E-state index in [2.05, 4.69) is 12.2 Å². The van der Waals surface area contributed by atoms with Crippen LogP contribution in [0, 0.1) is 5.92 Å². The van der Waals surface area contributed by atoms with E-state index in [4.69, 9.17) is 11.6 Å². The number of nitrogens with one attached hydrogen (secondary N) is 1. The topological polar surface area (TPSA) is 29.1 Å². The SMILES string of the molecule is CC(CCl)C(=O)NCC1(C)CCCS1. The molecule has 0 bridgehead atoms. The first-order valence-electron chi connectivity index (χ1n) is 5.05. The fourth-order valence-electron chi connectivity index (χ4n) is 1.49. The summed E-state index contributed by atoms with van der Waals surface area (Å²) in [6.07, 6.45) is 2.47. The van der Waals surface area contributed by atoms with Crippen molar-refractivity contribution in [2.24, 2.45) is 5.92 Å². The lowest BCUT2D eigenvalue weighted by molar-refractivity contribution is -0.123. The van der Waals surface area contributed by atoms with Crippen LogP contribution in [0.15, 0.2) is 0 Å². The minimum atomic E-state index is -0.0772. The maximum absolute atomic E-state index is 11.5. The number of rotatable bonds is 4. The number of halogens is 1. The molecule has 14 heavy (non-hydrogen) atoms. The number of thioether (sulfide) groups is 1. The third-order valence-electron chi connectivity index (χ3n) is 2.62. The average molecular weight is 236 g/mol. The van der Waals surface area contributed by atoms with E-state index in [1.807, 2.05) is 18.7 Å². The first-order chi connectivity index (χ1) is 6.57. The van der Waals surface area contributed by atoms with E-state index < -0.39 is 0 Å². The van der Waals surface area contributed by atoms with Crippen molar-refractivity contribution in [2.75, 3.05) is 18.2 Å². The highest BCUT2D eigenvalue weighted by Crippen LogP contribution is 2.36. The number of carbonyl (C=O) groups is 1. The Kier molecular flexibility index (Phi) is 4.58. The molecule has 1 heterocycles. The van der Waals surface area contributed by atoms with E-state index in [1.165, 1.54) is 18.6 Å². The van der Waals surface area contributed by atoms with Gasteiger partial charge in [-0.3, -0.25) is 4.79 Å². The molecular weight excluding hydrogens is 218 g/mol. The summed E-state index contributed by atoms with van der Waals surface area (Å²) >= 11 is 7.57. The van der Waals surface area contributed by atoms with Gasteiger partial charge in [0.05, 0.1) is 0 Å². The van der Waals surface area contributed by atoms with Crippen molar-refractivity contribution in [3.8, 4) is 0 Å². The van der Waals surface area contributed by atoms with Gasteiger partial charge >= 0.3 is 0 Å². The van der Waals surface area contributed by atoms with Gasteiger partial charge in [-0.05, 0) is 25.5 Å². The predicted octanol–water partition coefficient (Wildman–Crippen LogP) is 2.26. The zero-order valence-corrected chi connectivity index (χ0v) is 10.4. The second-order valence-electron chi connectivity index (χ2n) is 4.18. The monoisotopic (exact) mass is 235 g/mol. The summed E-state index contributed by atoms with van der Waals surface area (Å²) in [4.78, 5) is 11.5. The van der Waals surface area contributed by atoms with Crippen LogP contribution < -0.4 is 5.32 Å². The van der Waals surface area contributed by atoms with Crippen LogP contribution in [0.25, 0.3) is 0 Å². The Labute approximate surface area is 95.2 Å². The molecule has 1 saturated heterocycles. The molecule has 2 atom stereocenters. The second kappa shape index (κ2) is 5.26. The Morgan fingerprint density at radius 2 is 2.43 bits per heavy atom. The number of hydrogen-bond donors (Lipinski definition) is 1. The predicted molar refractivity (Wildman–Crippen MR) is 63.0 cm³/mol. The van der Waals surface area contributed by atoms with Gasteiger partial charge in [0.25, 0.3) is 0 Å². The van der Waals surface area contributed by atoms with Crippen LogP contribution in [0.4, 0.5) is 0 Å². The molecule has 4 heteroatoms. The number of carbonyl (C=O) groups excluding carboxylic acids is 1. The summed E-state index contributed by atoms with van der Waals surface area (Å²) < 4.78 is 0.252. The molecule has 2 unspecified atom stereocenters. The molecule has 0 spiro atoms. The van der Waals surface area contributed by atoms with Crippen molar-refractivity contribution >= 4 is 29.3 Å². The molecule has 1 aliphatic rings. The van der Waals surface area contributed by atoms with E-state index in [-0.39, 0.29) is 16.6 Å². The molecule has 0 aliphatic carbocycles. The van der Waals surface area contributed by atoms with Crippen LogP contribution >= 0.6 is 23.4 Å². The summed E-state index contributed by atoms with van der Waals surface area (Å²) in [6.45, 7) is 4.85. The van der Waals surface area contributed by atoms with E-state index in [1.54, 1.807) is 0 Å². The quantitative estimate of drug-likeness (QED) is 0.758. The maximum atomic E-state index is 11.5. The highest BCUT2D eigenvalue weighted by atomic mass is 35.5. The van der Waals surface area contributed by atoms with Crippen molar-refractivity contribution in [3.63, 3.8) is 0 Å². The van der Waals surface area contributed by atoms with Gasteiger partial charge in [0.1, 0.15) is 0 Å². The molecule has 0 saturated carbocycles. The Morgan fingerprint density at radius 1 is 1.71 bits per heavy atom. The normalized spacial score (nSPS) is 28.8. The largest absolute Gasteiger partial charge is 0.354 e. The fraction of sp³-hybridized carbons (Fsp3) is 0.900. The van der Waals surface area contributed by atoms with Gasteiger partial charge in [0, 0.05) is 23.1 Å². The van der Waals surface area contributed by atoms with Gasteiger partial charge in [-0.25, -0.2) is 0 Å². The maximum Gasteiger partial charge on any atom is 0.224 e. The third-order valence-corrected chi connectivity index (χ3v) is 4.62. The Bertz CT molecular complexity index is 204. The molecular formula is C10H18ClNOS. The molecule has 1 aliphatic heterocycles. The molecule has 2 nitrogen and oxygen atoms in total. The lowest BCUT2D eigenvalue weighted by Gasteiger charge is -2.23. The highest BCUT2D eigenvalue weighted by molar-refractivity contribution is 8.00. The zero-order valence-electron chi connectivity index (χ0n) is 8.81. The average Bonchev–Trinajstić information content (AvgIpc) is 2.61. The van der Waals surface area contributed by atoms with Gasteiger partial charge in [-0.15, -0.1) is 11.6 Å². The van der Waals surface area contributed by atoms with Crippen molar-refractivity contribution in [1.29, 1.82) is 0 Å². The molecule has 0 aromatic heterocycles. The van der Waals surface area contributed by atoms with E-state index in [0.29, 0.717) is 5.88 Å². The van der Waals surface area contributed by atoms with Crippen LogP contribution in [0.5, 0.6) is 0 Å². The van der Waals surface area contributed by atoms with Crippen molar-refractivity contribution < 1.29 is 4.79 Å². The number of alkyl halides is 1. The van der Waals surface area contributed by atoms with Crippen LogP contribution in [-0.4, -0.2) is 28.8 Å². The molecule has 1 rings (SSSR count). The van der Waals surface area contributed by atoms with Crippen LogP contribution in [0.3, 0.4) is 0 Å². The summed E-state index contributed by atoms with van der Waals surface area (Å²) in [7, 11) is 0. The molecule has 1 N–H and O–H groups in total. The minimum Gasteiger partial charge on any atom is -0.354 e. The second-order valence-corrected chi connectivity index (χ2v) is 6.17. The Morgan fingerprint density at radius 3 is 2.93 bits per heavy atom. The Balaban J connectivity index is 2.29. The standard InChI is InChI=1S/C10H18ClNOS/c1-8(6-11)9(13)12-7-10(2)4-3-5-14-10/h8H,3-7H2,1-2H3,(H,12,13). The van der Waals surface area contributed by atoms with Gasteiger partial charge < -0.3 is 5.32 Å². The molecule has 1 amide bonds. The smallest absolute Gasteiger partial charge is 0.224 e. The first-order valence-corrected chi connectivity index (χ1v) is 6.57. The van der Waals surface area contributed by atoms with Crippen LogP contribution in [0.1, 0.15) is 26.7 Å². The van der Waals surface area contributed by atoms with Gasteiger partial charge in [-0.2, -0.15) is 11.8 Å².